The second-order valence-electron chi connectivity index (χ2n) is 5.62. The third-order valence-corrected chi connectivity index (χ3v) is 3.62. The second-order valence-corrected chi connectivity index (χ2v) is 5.62. The summed E-state index contributed by atoms with van der Waals surface area (Å²) in [6, 6.07) is 6.63. The minimum Gasteiger partial charge on any atom is -0.322 e. The fourth-order valence-electron chi connectivity index (χ4n) is 2.25. The molecule has 0 aliphatic rings. The van der Waals surface area contributed by atoms with Gasteiger partial charge in [0, 0.05) is 30.2 Å². The lowest BCUT2D eigenvalue weighted by Gasteiger charge is -2.08. The standard InChI is InChI=1S/C19H11F4N3O2/c20-12-1-4-17(16(23)6-12)26-19(28)11-5-10(8-24-9-11)18(27)25-13-2-3-14(21)15(22)7-13/h1-9H,(H,25,27)(H,26,28). The maximum Gasteiger partial charge on any atom is 0.257 e. The smallest absolute Gasteiger partial charge is 0.257 e. The molecule has 142 valence electrons. The molecule has 2 amide bonds. The lowest BCUT2D eigenvalue weighted by atomic mass is 10.1. The van der Waals surface area contributed by atoms with Gasteiger partial charge in [0.15, 0.2) is 11.6 Å². The summed E-state index contributed by atoms with van der Waals surface area (Å²) in [5.74, 6) is -5.46. The topological polar surface area (TPSA) is 71.1 Å². The van der Waals surface area contributed by atoms with Gasteiger partial charge in [0.2, 0.25) is 0 Å². The zero-order valence-corrected chi connectivity index (χ0v) is 14.0. The molecule has 3 rings (SSSR count). The van der Waals surface area contributed by atoms with Crippen molar-refractivity contribution in [2.45, 2.75) is 0 Å². The number of halogens is 4. The Balaban J connectivity index is 1.76. The predicted octanol–water partition coefficient (Wildman–Crippen LogP) is 4.14. The van der Waals surface area contributed by atoms with E-state index in [0.29, 0.717) is 6.07 Å². The first-order chi connectivity index (χ1) is 13.3. The number of carbonyl (C=O) groups is 2. The SMILES string of the molecule is O=C(Nc1ccc(F)c(F)c1)c1cncc(C(=O)Nc2ccc(F)cc2F)c1. The van der Waals surface area contributed by atoms with Crippen molar-refractivity contribution >= 4 is 23.2 Å². The van der Waals surface area contributed by atoms with Crippen LogP contribution in [0.25, 0.3) is 0 Å². The Morgan fingerprint density at radius 2 is 1.39 bits per heavy atom. The van der Waals surface area contributed by atoms with Gasteiger partial charge < -0.3 is 10.6 Å². The highest BCUT2D eigenvalue weighted by atomic mass is 19.2. The molecule has 0 bridgehead atoms. The van der Waals surface area contributed by atoms with Crippen molar-refractivity contribution in [3.63, 3.8) is 0 Å². The first-order valence-corrected chi connectivity index (χ1v) is 7.81. The summed E-state index contributed by atoms with van der Waals surface area (Å²) in [6.45, 7) is 0. The van der Waals surface area contributed by atoms with Crippen LogP contribution in [0.15, 0.2) is 54.9 Å². The van der Waals surface area contributed by atoms with E-state index in [1.54, 1.807) is 0 Å². The summed E-state index contributed by atoms with van der Waals surface area (Å²) in [5, 5.41) is 4.58. The van der Waals surface area contributed by atoms with Gasteiger partial charge >= 0.3 is 0 Å². The minimum atomic E-state index is -1.13. The summed E-state index contributed by atoms with van der Waals surface area (Å²) in [5.41, 5.74) is -0.353. The van der Waals surface area contributed by atoms with Crippen LogP contribution in [0.3, 0.4) is 0 Å². The predicted molar refractivity (Wildman–Crippen MR) is 92.9 cm³/mol. The van der Waals surface area contributed by atoms with Crippen LogP contribution in [0.2, 0.25) is 0 Å². The van der Waals surface area contributed by atoms with Crippen molar-refractivity contribution in [3.05, 3.63) is 89.3 Å². The molecule has 5 nitrogen and oxygen atoms in total. The highest BCUT2D eigenvalue weighted by Gasteiger charge is 2.14. The van der Waals surface area contributed by atoms with Gasteiger partial charge in [0.25, 0.3) is 11.8 Å². The van der Waals surface area contributed by atoms with E-state index in [0.717, 1.165) is 42.7 Å². The highest BCUT2D eigenvalue weighted by molar-refractivity contribution is 6.08. The molecule has 0 radical (unpaired) electrons. The molecule has 0 saturated heterocycles. The number of anilines is 2. The van der Waals surface area contributed by atoms with Crippen molar-refractivity contribution in [1.29, 1.82) is 0 Å². The number of hydrogen-bond donors (Lipinski definition) is 2. The molecule has 1 aromatic heterocycles. The molecule has 28 heavy (non-hydrogen) atoms. The second kappa shape index (κ2) is 7.87. The summed E-state index contributed by atoms with van der Waals surface area (Å²) >= 11 is 0. The normalized spacial score (nSPS) is 10.4. The summed E-state index contributed by atoms with van der Waals surface area (Å²) in [6.07, 6.45) is 2.30. The van der Waals surface area contributed by atoms with Crippen molar-refractivity contribution in [2.24, 2.45) is 0 Å². The average molecular weight is 389 g/mol. The third-order valence-electron chi connectivity index (χ3n) is 3.62. The largest absolute Gasteiger partial charge is 0.322 e. The molecule has 1 heterocycles. The van der Waals surface area contributed by atoms with E-state index in [1.165, 1.54) is 6.07 Å². The maximum absolute atomic E-state index is 13.6. The van der Waals surface area contributed by atoms with Crippen LogP contribution in [0.1, 0.15) is 20.7 Å². The van der Waals surface area contributed by atoms with E-state index in [9.17, 15) is 27.2 Å². The van der Waals surface area contributed by atoms with Crippen LogP contribution in [-0.2, 0) is 0 Å². The Labute approximate surface area is 156 Å². The monoisotopic (exact) mass is 389 g/mol. The fraction of sp³-hybridized carbons (Fsp3) is 0. The number of nitrogens with zero attached hydrogens (tertiary/aromatic N) is 1. The molecular formula is C19H11F4N3O2. The molecule has 0 unspecified atom stereocenters. The average Bonchev–Trinajstić information content (AvgIpc) is 2.67. The Morgan fingerprint density at radius 3 is 2.04 bits per heavy atom. The van der Waals surface area contributed by atoms with Crippen molar-refractivity contribution in [3.8, 4) is 0 Å². The number of nitrogens with one attached hydrogen (secondary N) is 2. The van der Waals surface area contributed by atoms with Gasteiger partial charge in [-0.05, 0) is 30.3 Å². The Kier molecular flexibility index (Phi) is 5.35. The molecule has 2 aromatic carbocycles. The van der Waals surface area contributed by atoms with Crippen LogP contribution in [0.4, 0.5) is 28.9 Å². The molecule has 2 N–H and O–H groups in total. The Bertz CT molecular complexity index is 1070. The Morgan fingerprint density at radius 1 is 0.714 bits per heavy atom. The number of pyridine rings is 1. The van der Waals surface area contributed by atoms with Gasteiger partial charge in [0.1, 0.15) is 11.6 Å². The fourth-order valence-corrected chi connectivity index (χ4v) is 2.25. The molecule has 0 atom stereocenters. The number of amides is 2. The van der Waals surface area contributed by atoms with E-state index >= 15 is 0 Å². The van der Waals surface area contributed by atoms with Crippen LogP contribution in [-0.4, -0.2) is 16.8 Å². The van der Waals surface area contributed by atoms with E-state index in [2.05, 4.69) is 15.6 Å². The summed E-state index contributed by atoms with van der Waals surface area (Å²) < 4.78 is 52.7. The van der Waals surface area contributed by atoms with E-state index < -0.39 is 35.1 Å². The van der Waals surface area contributed by atoms with Gasteiger partial charge in [-0.25, -0.2) is 17.6 Å². The molecule has 0 saturated carbocycles. The van der Waals surface area contributed by atoms with E-state index in [1.807, 2.05) is 0 Å². The van der Waals surface area contributed by atoms with Gasteiger partial charge in [-0.2, -0.15) is 0 Å². The van der Waals surface area contributed by atoms with Gasteiger partial charge in [-0.3, -0.25) is 14.6 Å². The number of hydrogen-bond acceptors (Lipinski definition) is 3. The zero-order chi connectivity index (χ0) is 20.3. The van der Waals surface area contributed by atoms with Crippen LogP contribution >= 0.6 is 0 Å². The molecular weight excluding hydrogens is 378 g/mol. The van der Waals surface area contributed by atoms with Crippen LogP contribution in [0, 0.1) is 23.3 Å². The van der Waals surface area contributed by atoms with Crippen LogP contribution < -0.4 is 10.6 Å². The quantitative estimate of drug-likeness (QED) is 0.659. The molecule has 0 aliphatic carbocycles. The number of aromatic nitrogens is 1. The summed E-state index contributed by atoms with van der Waals surface area (Å²) in [7, 11) is 0. The number of rotatable bonds is 4. The number of carbonyl (C=O) groups excluding carboxylic acids is 2. The first-order valence-electron chi connectivity index (χ1n) is 7.81. The third kappa shape index (κ3) is 4.32. The molecule has 3 aromatic rings. The van der Waals surface area contributed by atoms with Gasteiger partial charge in [-0.15, -0.1) is 0 Å². The van der Waals surface area contributed by atoms with Gasteiger partial charge in [0.05, 0.1) is 16.8 Å². The Hall–Kier alpha value is -3.75. The van der Waals surface area contributed by atoms with E-state index in [4.69, 9.17) is 0 Å². The van der Waals surface area contributed by atoms with Crippen LogP contribution in [0.5, 0.6) is 0 Å². The number of benzene rings is 2. The lowest BCUT2D eigenvalue weighted by Crippen LogP contribution is -2.17. The molecule has 0 fully saturated rings. The van der Waals surface area contributed by atoms with Gasteiger partial charge in [-0.1, -0.05) is 0 Å². The first kappa shape index (κ1) is 19.0. The molecule has 9 heteroatoms. The highest BCUT2D eigenvalue weighted by Crippen LogP contribution is 2.17. The lowest BCUT2D eigenvalue weighted by molar-refractivity contribution is 0.102. The van der Waals surface area contributed by atoms with Crippen molar-refractivity contribution in [2.75, 3.05) is 10.6 Å². The van der Waals surface area contributed by atoms with Crippen molar-refractivity contribution in [1.82, 2.24) is 4.98 Å². The maximum atomic E-state index is 13.6. The summed E-state index contributed by atoms with van der Waals surface area (Å²) in [4.78, 5) is 28.2. The molecule has 0 aliphatic heterocycles. The van der Waals surface area contributed by atoms with Crippen molar-refractivity contribution < 1.29 is 27.2 Å². The minimum absolute atomic E-state index is 0.00661. The van der Waals surface area contributed by atoms with E-state index in [-0.39, 0.29) is 22.5 Å². The molecule has 0 spiro atoms. The zero-order valence-electron chi connectivity index (χ0n) is 14.0.